The first-order valence-electron chi connectivity index (χ1n) is 16.0. The number of fused-ring (bicyclic) bond motifs is 2. The molecule has 1 aliphatic heterocycles. The normalized spacial score (nSPS) is 23.1. The molecule has 15 heteroatoms. The third-order valence-corrected chi connectivity index (χ3v) is 12.2. The molecule has 268 valence electrons. The average Bonchev–Trinajstić information content (AvgIpc) is 3.53. The molecule has 3 aromatic rings. The molecular weight excluding hydrogens is 700 g/mol. The minimum atomic E-state index is -4.21. The summed E-state index contributed by atoms with van der Waals surface area (Å²) in [5.74, 6) is 0.194. The van der Waals surface area contributed by atoms with E-state index in [1.165, 1.54) is 18.2 Å². The van der Waals surface area contributed by atoms with Crippen molar-refractivity contribution in [3.05, 3.63) is 45.4 Å². The van der Waals surface area contributed by atoms with Crippen LogP contribution in [0.1, 0.15) is 62.4 Å². The van der Waals surface area contributed by atoms with Gasteiger partial charge in [-0.2, -0.15) is 24.9 Å². The van der Waals surface area contributed by atoms with Gasteiger partial charge in [0, 0.05) is 37.7 Å². The van der Waals surface area contributed by atoms with Crippen molar-refractivity contribution in [3.63, 3.8) is 0 Å². The van der Waals surface area contributed by atoms with Crippen molar-refractivity contribution in [2.75, 3.05) is 35.7 Å². The van der Waals surface area contributed by atoms with Gasteiger partial charge < -0.3 is 30.9 Å². The molecule has 2 heterocycles. The Hall–Kier alpha value is -2.87. The minimum Gasteiger partial charge on any atom is -0.395 e. The maximum atomic E-state index is 13.7. The topological polar surface area (TPSA) is 126 Å². The molecule has 3 fully saturated rings. The van der Waals surface area contributed by atoms with Crippen LogP contribution < -0.4 is 21.3 Å². The first kappa shape index (κ1) is 37.4. The molecule has 49 heavy (non-hydrogen) atoms. The molecule has 3 unspecified atom stereocenters. The van der Waals surface area contributed by atoms with Gasteiger partial charge in [0.15, 0.2) is 0 Å². The van der Waals surface area contributed by atoms with Gasteiger partial charge in [0.05, 0.1) is 56.0 Å². The number of carbonyl (C=O) groups is 2. The van der Waals surface area contributed by atoms with Gasteiger partial charge in [-0.1, -0.05) is 36.7 Å². The third kappa shape index (κ3) is 7.74. The van der Waals surface area contributed by atoms with Gasteiger partial charge in [-0.05, 0) is 74.6 Å². The van der Waals surface area contributed by atoms with Crippen molar-refractivity contribution < 1.29 is 27.9 Å². The number of primary amides is 1. The molecule has 6 rings (SSSR count). The Morgan fingerprint density at radius 1 is 1.12 bits per heavy atom. The molecule has 1 aromatic heterocycles. The summed E-state index contributed by atoms with van der Waals surface area (Å²) in [5.41, 5.74) is 8.19. The second-order valence-electron chi connectivity index (χ2n) is 13.7. The number of anilines is 3. The van der Waals surface area contributed by atoms with E-state index in [9.17, 15) is 27.9 Å². The van der Waals surface area contributed by atoms with E-state index in [-0.39, 0.29) is 51.7 Å². The highest BCUT2D eigenvalue weighted by Crippen LogP contribution is 2.47. The van der Waals surface area contributed by atoms with E-state index in [4.69, 9.17) is 33.9 Å². The molecule has 0 bridgehead atoms. The zero-order valence-electron chi connectivity index (χ0n) is 26.7. The minimum absolute atomic E-state index is 0. The van der Waals surface area contributed by atoms with Crippen molar-refractivity contribution in [3.8, 4) is 0 Å². The molecule has 5 N–H and O–H groups in total. The number of aliphatic hydroxyl groups excluding tert-OH is 1. The van der Waals surface area contributed by atoms with E-state index < -0.39 is 23.4 Å². The molecular formula is C34H43Cl2F3N6O3S. The predicted octanol–water partition coefficient (Wildman–Crippen LogP) is 7.28. The van der Waals surface area contributed by atoms with Gasteiger partial charge >= 0.3 is 6.18 Å². The SMILES string of the molecule is C.Cn1c(Nc2c(Cl)ccc(CSCC(C)(CO)C(N)=O)c2Cl)nc2cc(C(=O)NC3CCC(C(F)(F)F)CC3)c(N3CC4CC4C3)cc21. The zero-order chi connectivity index (χ0) is 34.5. The molecule has 2 saturated carbocycles. The Kier molecular flexibility index (Phi) is 11.0. The molecule has 3 aliphatic rings. The second kappa shape index (κ2) is 14.4. The van der Waals surface area contributed by atoms with Gasteiger partial charge in [-0.15, -0.1) is 0 Å². The highest BCUT2D eigenvalue weighted by Gasteiger charge is 2.46. The number of hydrogen-bond donors (Lipinski definition) is 4. The number of imidazole rings is 1. The van der Waals surface area contributed by atoms with Crippen molar-refractivity contribution >= 4 is 75.1 Å². The smallest absolute Gasteiger partial charge is 0.391 e. The molecule has 9 nitrogen and oxygen atoms in total. The molecule has 0 spiro atoms. The quantitative estimate of drug-likeness (QED) is 0.163. The number of nitrogens with one attached hydrogen (secondary N) is 2. The Labute approximate surface area is 298 Å². The fraction of sp³-hybridized carbons (Fsp3) is 0.559. The Morgan fingerprint density at radius 3 is 2.41 bits per heavy atom. The fourth-order valence-electron chi connectivity index (χ4n) is 6.72. The van der Waals surface area contributed by atoms with Crippen LogP contribution in [0.3, 0.4) is 0 Å². The summed E-state index contributed by atoms with van der Waals surface area (Å²) in [6, 6.07) is 6.90. The number of benzene rings is 2. The Bertz CT molecular complexity index is 1720. The number of amides is 2. The molecule has 2 aliphatic carbocycles. The van der Waals surface area contributed by atoms with Gasteiger partial charge in [0.1, 0.15) is 0 Å². The first-order chi connectivity index (χ1) is 22.7. The monoisotopic (exact) mass is 742 g/mol. The molecule has 1 saturated heterocycles. The lowest BCUT2D eigenvalue weighted by Gasteiger charge is -2.31. The maximum Gasteiger partial charge on any atom is 0.391 e. The number of hydrogen-bond acceptors (Lipinski definition) is 7. The number of alkyl halides is 3. The molecule has 2 aromatic carbocycles. The number of rotatable bonds is 11. The van der Waals surface area contributed by atoms with E-state index in [0.29, 0.717) is 56.1 Å². The molecule has 2 amide bonds. The summed E-state index contributed by atoms with van der Waals surface area (Å²) in [6.07, 6.45) is -2.45. The summed E-state index contributed by atoms with van der Waals surface area (Å²) in [6.45, 7) is 2.95. The van der Waals surface area contributed by atoms with Crippen LogP contribution in [0, 0.1) is 23.2 Å². The number of aliphatic hydroxyl groups is 1. The standard InChI is InChI=1S/C33H39Cl2F3N6O3S.CH4/c1-32(15-45,30(39)47)16-48-14-17-3-8-23(34)28(27(17)35)42-31-41-24-10-22(29(46)40-21-6-4-20(5-7-21)33(36,37)38)25(11-26(24)43(31)2)44-12-18-9-19(18)13-44;/h3,8,10-11,18-21,45H,4-7,9,12-16H2,1-2H3,(H2,39,47)(H,40,46)(H,41,42);1H4. The fourth-order valence-corrected chi connectivity index (χ4v) is 8.58. The lowest BCUT2D eigenvalue weighted by Crippen LogP contribution is -2.40. The number of carbonyl (C=O) groups excluding carboxylic acids is 2. The van der Waals surface area contributed by atoms with Crippen molar-refractivity contribution in [1.82, 2.24) is 14.9 Å². The second-order valence-corrected chi connectivity index (χ2v) is 15.4. The van der Waals surface area contributed by atoms with E-state index in [2.05, 4.69) is 15.5 Å². The highest BCUT2D eigenvalue weighted by molar-refractivity contribution is 7.98. The van der Waals surface area contributed by atoms with Gasteiger partial charge in [0.25, 0.3) is 5.91 Å². The van der Waals surface area contributed by atoms with Crippen LogP contribution in [0.2, 0.25) is 10.0 Å². The summed E-state index contributed by atoms with van der Waals surface area (Å²) in [5, 5.41) is 16.7. The predicted molar refractivity (Wildman–Crippen MR) is 191 cm³/mol. The van der Waals surface area contributed by atoms with E-state index in [0.717, 1.165) is 29.9 Å². The average molecular weight is 744 g/mol. The third-order valence-electron chi connectivity index (χ3n) is 10.1. The van der Waals surface area contributed by atoms with Crippen molar-refractivity contribution in [2.24, 2.45) is 36.0 Å². The molecule has 3 atom stereocenters. The van der Waals surface area contributed by atoms with Crippen LogP contribution in [-0.2, 0) is 17.6 Å². The van der Waals surface area contributed by atoms with Crippen LogP contribution in [0.4, 0.5) is 30.5 Å². The number of nitrogens with two attached hydrogens (primary N) is 1. The van der Waals surface area contributed by atoms with Crippen LogP contribution >= 0.6 is 35.0 Å². The van der Waals surface area contributed by atoms with Crippen LogP contribution in [-0.4, -0.2) is 64.1 Å². The number of aromatic nitrogens is 2. The summed E-state index contributed by atoms with van der Waals surface area (Å²) in [7, 11) is 1.85. The number of thioether (sulfide) groups is 1. The Morgan fingerprint density at radius 2 is 1.80 bits per heavy atom. The summed E-state index contributed by atoms with van der Waals surface area (Å²) >= 11 is 14.8. The van der Waals surface area contributed by atoms with Crippen LogP contribution in [0.5, 0.6) is 0 Å². The number of nitrogens with zero attached hydrogens (tertiary/aromatic N) is 3. The van der Waals surface area contributed by atoms with E-state index in [1.54, 1.807) is 25.1 Å². The number of piperidine rings is 1. The molecule has 0 radical (unpaired) electrons. The largest absolute Gasteiger partial charge is 0.395 e. The summed E-state index contributed by atoms with van der Waals surface area (Å²) in [4.78, 5) is 32.5. The maximum absolute atomic E-state index is 13.7. The Balaban J connectivity index is 0.00000468. The van der Waals surface area contributed by atoms with Crippen molar-refractivity contribution in [2.45, 2.75) is 64.4 Å². The summed E-state index contributed by atoms with van der Waals surface area (Å²) < 4.78 is 41.5. The van der Waals surface area contributed by atoms with Crippen LogP contribution in [0.15, 0.2) is 24.3 Å². The highest BCUT2D eigenvalue weighted by atomic mass is 35.5. The lowest BCUT2D eigenvalue weighted by molar-refractivity contribution is -0.182. The van der Waals surface area contributed by atoms with Gasteiger partial charge in [0.2, 0.25) is 11.9 Å². The van der Waals surface area contributed by atoms with Gasteiger partial charge in [-0.3, -0.25) is 9.59 Å². The lowest BCUT2D eigenvalue weighted by atomic mass is 9.85. The number of aryl methyl sites for hydroxylation is 1. The number of halogens is 5. The van der Waals surface area contributed by atoms with Crippen molar-refractivity contribution in [1.29, 1.82) is 0 Å². The van der Waals surface area contributed by atoms with Gasteiger partial charge in [-0.25, -0.2) is 4.98 Å². The zero-order valence-corrected chi connectivity index (χ0v) is 29.0. The van der Waals surface area contributed by atoms with E-state index >= 15 is 0 Å². The van der Waals surface area contributed by atoms with Crippen LogP contribution in [0.25, 0.3) is 11.0 Å². The van der Waals surface area contributed by atoms with E-state index in [1.807, 2.05) is 17.7 Å². The first-order valence-corrected chi connectivity index (χ1v) is 17.9.